The van der Waals surface area contributed by atoms with Crippen LogP contribution in [-0.2, 0) is 12.5 Å². The normalized spacial score (nSPS) is 13.0. The second-order valence-corrected chi connectivity index (χ2v) is 8.42. The lowest BCUT2D eigenvalue weighted by atomic mass is 9.84. The molecule has 0 spiro atoms. The fourth-order valence-electron chi connectivity index (χ4n) is 3.23. The summed E-state index contributed by atoms with van der Waals surface area (Å²) in [7, 11) is 3.25. The van der Waals surface area contributed by atoms with E-state index in [2.05, 4.69) is 30.8 Å². The molecule has 0 bridgehead atoms. The number of methoxy groups -OCH3 is 1. The van der Waals surface area contributed by atoms with Gasteiger partial charge in [0.2, 0.25) is 5.88 Å². The first-order valence-corrected chi connectivity index (χ1v) is 10.7. The van der Waals surface area contributed by atoms with Gasteiger partial charge in [-0.15, -0.1) is 26.3 Å². The van der Waals surface area contributed by atoms with E-state index in [-0.39, 0.29) is 18.1 Å². The van der Waals surface area contributed by atoms with Crippen molar-refractivity contribution < 1.29 is 18.3 Å². The monoisotopic (exact) mass is 494 g/mol. The maximum absolute atomic E-state index is 14.0. The molecular formula is C19H17ClF2N8O2S. The first-order chi connectivity index (χ1) is 15.7. The van der Waals surface area contributed by atoms with E-state index in [0.717, 1.165) is 16.9 Å². The largest absolute Gasteiger partial charge is 0.481 e. The number of hydrogen-bond acceptors (Lipinski definition) is 8. The maximum Gasteiger partial charge on any atom is 0.292 e. The Hall–Kier alpha value is -3.45. The van der Waals surface area contributed by atoms with E-state index >= 15 is 0 Å². The Morgan fingerprint density at radius 1 is 1.36 bits per heavy atom. The van der Waals surface area contributed by atoms with E-state index in [1.165, 1.54) is 18.4 Å². The van der Waals surface area contributed by atoms with Crippen LogP contribution in [0.2, 0.25) is 5.15 Å². The zero-order valence-electron chi connectivity index (χ0n) is 17.6. The van der Waals surface area contributed by atoms with E-state index in [1.54, 1.807) is 23.3 Å². The Morgan fingerprint density at radius 2 is 2.15 bits per heavy atom. The molecule has 4 aromatic rings. The summed E-state index contributed by atoms with van der Waals surface area (Å²) in [5.74, 6) is -2.09. The molecule has 33 heavy (non-hydrogen) atoms. The molecule has 0 saturated heterocycles. The Morgan fingerprint density at radius 3 is 2.82 bits per heavy atom. The van der Waals surface area contributed by atoms with Gasteiger partial charge in [0.15, 0.2) is 5.82 Å². The molecule has 0 saturated carbocycles. The van der Waals surface area contributed by atoms with E-state index in [1.807, 2.05) is 6.92 Å². The molecular weight excluding hydrogens is 478 g/mol. The number of amides is 1. The number of benzene rings is 1. The lowest BCUT2D eigenvalue weighted by molar-refractivity contribution is 0.0936. The molecule has 1 amide bonds. The summed E-state index contributed by atoms with van der Waals surface area (Å²) in [6.07, 6.45) is 1.63. The number of nitrogens with zero attached hydrogens (tertiary/aromatic N) is 7. The number of thiazole rings is 1. The lowest BCUT2D eigenvalue weighted by Crippen LogP contribution is -2.40. The van der Waals surface area contributed by atoms with Gasteiger partial charge in [-0.25, -0.2) is 18.4 Å². The highest BCUT2D eigenvalue weighted by Crippen LogP contribution is 2.39. The lowest BCUT2D eigenvalue weighted by Gasteiger charge is -2.27. The van der Waals surface area contributed by atoms with Gasteiger partial charge in [0.1, 0.15) is 21.7 Å². The Balaban J connectivity index is 1.60. The van der Waals surface area contributed by atoms with Gasteiger partial charge in [0, 0.05) is 30.6 Å². The van der Waals surface area contributed by atoms with Gasteiger partial charge in [0.25, 0.3) is 11.7 Å². The van der Waals surface area contributed by atoms with Gasteiger partial charge in [-0.2, -0.15) is 5.10 Å². The number of rotatable bonds is 7. The van der Waals surface area contributed by atoms with Crippen LogP contribution in [0.15, 0.2) is 29.8 Å². The summed E-state index contributed by atoms with van der Waals surface area (Å²) < 4.78 is 34.2. The number of tetrazole rings is 1. The van der Waals surface area contributed by atoms with Crippen LogP contribution in [0.5, 0.6) is 5.88 Å². The van der Waals surface area contributed by atoms with Crippen LogP contribution in [0.4, 0.5) is 8.78 Å². The fourth-order valence-corrected chi connectivity index (χ4v) is 4.35. The van der Waals surface area contributed by atoms with Crippen LogP contribution in [0.25, 0.3) is 5.69 Å². The van der Waals surface area contributed by atoms with Crippen molar-refractivity contribution >= 4 is 28.8 Å². The Bertz CT molecular complexity index is 1320. The molecule has 0 aliphatic carbocycles. The number of carbonyl (C=O) groups excluding carboxylic acids is 1. The highest BCUT2D eigenvalue weighted by molar-refractivity contribution is 7.10. The smallest absolute Gasteiger partial charge is 0.292 e. The second kappa shape index (κ2) is 8.83. The van der Waals surface area contributed by atoms with Gasteiger partial charge in [-0.1, -0.05) is 11.6 Å². The summed E-state index contributed by atoms with van der Waals surface area (Å²) in [6, 6.07) is 2.88. The third kappa shape index (κ3) is 4.28. The Kier molecular flexibility index (Phi) is 6.08. The predicted molar refractivity (Wildman–Crippen MR) is 115 cm³/mol. The third-order valence-electron chi connectivity index (χ3n) is 4.96. The number of hydrogen-bond donors (Lipinski definition) is 1. The third-order valence-corrected chi connectivity index (χ3v) is 6.39. The molecule has 1 unspecified atom stereocenters. The molecule has 0 radical (unpaired) electrons. The minimum absolute atomic E-state index is 0.0666. The number of carbonyl (C=O) groups is 1. The first kappa shape index (κ1) is 22.7. The molecule has 0 aliphatic heterocycles. The highest BCUT2D eigenvalue weighted by Gasteiger charge is 2.38. The number of nitrogens with one attached hydrogen (secondary N) is 1. The summed E-state index contributed by atoms with van der Waals surface area (Å²) in [5, 5.41) is 20.9. The topological polar surface area (TPSA) is 113 Å². The molecule has 10 nitrogen and oxygen atoms in total. The van der Waals surface area contributed by atoms with Gasteiger partial charge < -0.3 is 10.1 Å². The van der Waals surface area contributed by atoms with Crippen molar-refractivity contribution in [2.24, 2.45) is 7.05 Å². The van der Waals surface area contributed by atoms with Crippen LogP contribution < -0.4 is 10.1 Å². The Labute approximate surface area is 195 Å². The van der Waals surface area contributed by atoms with E-state index in [9.17, 15) is 13.6 Å². The van der Waals surface area contributed by atoms with Crippen molar-refractivity contribution in [3.8, 4) is 11.6 Å². The zero-order valence-corrected chi connectivity index (χ0v) is 19.2. The predicted octanol–water partition coefficient (Wildman–Crippen LogP) is 2.53. The molecule has 1 aromatic carbocycles. The van der Waals surface area contributed by atoms with E-state index in [4.69, 9.17) is 16.3 Å². The molecule has 1 atom stereocenters. The summed E-state index contributed by atoms with van der Waals surface area (Å²) in [5.41, 5.74) is -0.319. The second-order valence-electron chi connectivity index (χ2n) is 7.18. The van der Waals surface area contributed by atoms with Gasteiger partial charge in [-0.3, -0.25) is 4.79 Å². The van der Waals surface area contributed by atoms with Crippen LogP contribution in [0.1, 0.15) is 28.1 Å². The summed E-state index contributed by atoms with van der Waals surface area (Å²) in [6.45, 7) is 1.93. The van der Waals surface area contributed by atoms with Crippen molar-refractivity contribution in [3.63, 3.8) is 0 Å². The van der Waals surface area contributed by atoms with Crippen LogP contribution in [0.3, 0.4) is 0 Å². The van der Waals surface area contributed by atoms with E-state index in [0.29, 0.717) is 27.7 Å². The fraction of sp³-hybridized carbons (Fsp3) is 0.263. The van der Waals surface area contributed by atoms with Crippen LogP contribution in [-0.4, -0.2) is 54.5 Å². The first-order valence-electron chi connectivity index (χ1n) is 9.44. The molecule has 0 fully saturated rings. The number of aromatic nitrogens is 7. The molecule has 4 rings (SSSR count). The average molecular weight is 495 g/mol. The van der Waals surface area contributed by atoms with Crippen molar-refractivity contribution in [2.75, 3.05) is 13.7 Å². The zero-order chi connectivity index (χ0) is 23.8. The molecule has 172 valence electrons. The van der Waals surface area contributed by atoms with Gasteiger partial charge >= 0.3 is 0 Å². The van der Waals surface area contributed by atoms with E-state index < -0.39 is 23.0 Å². The molecule has 3 aromatic heterocycles. The molecule has 0 aliphatic rings. The van der Waals surface area contributed by atoms with Crippen LogP contribution >= 0.6 is 22.9 Å². The van der Waals surface area contributed by atoms with Crippen LogP contribution in [0, 0.1) is 11.6 Å². The van der Waals surface area contributed by atoms with Crippen molar-refractivity contribution in [1.29, 1.82) is 0 Å². The number of aryl methyl sites for hydroxylation is 1. The SMILES string of the molecule is COc1c(C(C)(CNC(=O)c2nnn(-c3ccc(F)cc3F)n2)c2nc(Cl)cs2)cnn1C. The van der Waals surface area contributed by atoms with Gasteiger partial charge in [0.05, 0.1) is 18.7 Å². The quantitative estimate of drug-likeness (QED) is 0.420. The summed E-state index contributed by atoms with van der Waals surface area (Å²) >= 11 is 7.37. The standard InChI is InChI=1S/C19H17ClF2N8O2S/c1-19(18-25-14(20)8-33-18,11-7-24-29(2)17(11)32-3)9-23-16(31)15-26-28-30(27-15)13-5-4-10(21)6-12(13)22/h4-8H,9H2,1-3H3,(H,23,31). The van der Waals surface area contributed by atoms with Crippen molar-refractivity contribution in [2.45, 2.75) is 12.3 Å². The maximum atomic E-state index is 14.0. The molecule has 14 heteroatoms. The van der Waals surface area contributed by atoms with Crippen molar-refractivity contribution in [3.05, 3.63) is 63.0 Å². The van der Waals surface area contributed by atoms with Crippen molar-refractivity contribution in [1.82, 2.24) is 40.3 Å². The minimum atomic E-state index is -0.892. The number of halogens is 3. The summed E-state index contributed by atoms with van der Waals surface area (Å²) in [4.78, 5) is 18.0. The minimum Gasteiger partial charge on any atom is -0.481 e. The van der Waals surface area contributed by atoms with Gasteiger partial charge in [-0.05, 0) is 24.3 Å². The average Bonchev–Trinajstić information content (AvgIpc) is 3.52. The highest BCUT2D eigenvalue weighted by atomic mass is 35.5. The molecule has 1 N–H and O–H groups in total. The molecule has 3 heterocycles. The number of ether oxygens (including phenoxy) is 1.